The number of hydrogen-bond acceptors (Lipinski definition) is 2. The van der Waals surface area contributed by atoms with Crippen molar-refractivity contribution in [2.24, 2.45) is 0 Å². The third-order valence-electron chi connectivity index (χ3n) is 12.1. The second-order valence-corrected chi connectivity index (χ2v) is 15.7. The summed E-state index contributed by atoms with van der Waals surface area (Å²) in [5, 5.41) is 4.87. The van der Waals surface area contributed by atoms with Crippen LogP contribution in [0.3, 0.4) is 0 Å². The lowest BCUT2D eigenvalue weighted by molar-refractivity contribution is 1.33. The SMILES string of the molecule is c1ccc(-c2ccc(-c3cc(-c4ccc(-c5ccccc5)c5ccccc45)c(-c4ccc(-c5ccccn5)cc4)cc3-c3ccc(-c4ccccn4)cc3)c3ccccc23)cc1. The largest absolute Gasteiger partial charge is 0.256 e. The topological polar surface area (TPSA) is 25.8 Å². The maximum Gasteiger partial charge on any atom is 0.0701 e. The fraction of sp³-hybridized carbons (Fsp3) is 0. The Labute approximate surface area is 362 Å². The molecule has 2 heteroatoms. The van der Waals surface area contributed by atoms with Gasteiger partial charge in [-0.3, -0.25) is 9.97 Å². The predicted octanol–water partition coefficient (Wildman–Crippen LogP) is 16.1. The van der Waals surface area contributed by atoms with Crippen molar-refractivity contribution in [3.63, 3.8) is 0 Å². The fourth-order valence-corrected chi connectivity index (χ4v) is 9.04. The molecule has 62 heavy (non-hydrogen) atoms. The Balaban J connectivity index is 1.20. The average Bonchev–Trinajstić information content (AvgIpc) is 3.36. The van der Waals surface area contributed by atoms with E-state index < -0.39 is 0 Å². The molecule has 0 aliphatic carbocycles. The van der Waals surface area contributed by atoms with Crippen molar-refractivity contribution >= 4 is 21.5 Å². The van der Waals surface area contributed by atoms with E-state index >= 15 is 0 Å². The predicted molar refractivity (Wildman–Crippen MR) is 261 cm³/mol. The molecule has 0 N–H and O–H groups in total. The Morgan fingerprint density at radius 1 is 0.194 bits per heavy atom. The molecule has 290 valence electrons. The standard InChI is InChI=1S/C60H40N2/c1-3-15-41(16-4-1)47-33-35-53(51-21-9-7-19-49(47)51)57-40-58(54-36-34-48(42-17-5-2-6-18-42)50-20-8-10-22-52(50)54)56(44-27-31-46(32-28-44)60-24-12-14-38-62-60)39-55(57)43-25-29-45(30-26-43)59-23-11-13-37-61-59/h1-40H. The van der Waals surface area contributed by atoms with Crippen molar-refractivity contribution in [2.75, 3.05) is 0 Å². The Bertz CT molecular complexity index is 3120. The second-order valence-electron chi connectivity index (χ2n) is 15.7. The lowest BCUT2D eigenvalue weighted by Gasteiger charge is -2.21. The summed E-state index contributed by atoms with van der Waals surface area (Å²) in [5.41, 5.74) is 18.2. The molecule has 0 radical (unpaired) electrons. The second kappa shape index (κ2) is 16.1. The Hall–Kier alpha value is -8.20. The van der Waals surface area contributed by atoms with Crippen LogP contribution in [0.25, 0.3) is 111 Å². The van der Waals surface area contributed by atoms with Crippen molar-refractivity contribution in [3.05, 3.63) is 243 Å². The fourth-order valence-electron chi connectivity index (χ4n) is 9.04. The summed E-state index contributed by atoms with van der Waals surface area (Å²) >= 11 is 0. The van der Waals surface area contributed by atoms with E-state index in [1.165, 1.54) is 66.1 Å². The number of hydrogen-bond donors (Lipinski definition) is 0. The molecule has 0 aliphatic heterocycles. The van der Waals surface area contributed by atoms with E-state index in [0.29, 0.717) is 0 Å². The molecule has 0 fully saturated rings. The summed E-state index contributed by atoms with van der Waals surface area (Å²) in [5.74, 6) is 0. The number of aromatic nitrogens is 2. The van der Waals surface area contributed by atoms with Crippen LogP contribution in [0.2, 0.25) is 0 Å². The first-order chi connectivity index (χ1) is 30.8. The maximum atomic E-state index is 4.66. The molecule has 11 rings (SSSR count). The third-order valence-corrected chi connectivity index (χ3v) is 12.1. The molecule has 0 amide bonds. The van der Waals surface area contributed by atoms with E-state index in [-0.39, 0.29) is 0 Å². The van der Waals surface area contributed by atoms with Gasteiger partial charge in [0.05, 0.1) is 11.4 Å². The van der Waals surface area contributed by atoms with E-state index in [1.807, 2.05) is 36.7 Å². The molecule has 0 saturated heterocycles. The van der Waals surface area contributed by atoms with Crippen molar-refractivity contribution < 1.29 is 0 Å². The van der Waals surface area contributed by atoms with E-state index in [4.69, 9.17) is 0 Å². The van der Waals surface area contributed by atoms with E-state index in [9.17, 15) is 0 Å². The molecule has 2 aromatic heterocycles. The highest BCUT2D eigenvalue weighted by Crippen LogP contribution is 2.47. The van der Waals surface area contributed by atoms with Gasteiger partial charge in [0.2, 0.25) is 0 Å². The van der Waals surface area contributed by atoms with Gasteiger partial charge < -0.3 is 0 Å². The lowest BCUT2D eigenvalue weighted by Crippen LogP contribution is -1.95. The molecular formula is C60H40N2. The van der Waals surface area contributed by atoms with Gasteiger partial charge in [-0.05, 0) is 125 Å². The molecular weight excluding hydrogens is 749 g/mol. The summed E-state index contributed by atoms with van der Waals surface area (Å²) in [6, 6.07) is 83.2. The zero-order valence-corrected chi connectivity index (χ0v) is 34.0. The van der Waals surface area contributed by atoms with Gasteiger partial charge in [-0.25, -0.2) is 0 Å². The van der Waals surface area contributed by atoms with Crippen LogP contribution in [-0.4, -0.2) is 9.97 Å². The summed E-state index contributed by atoms with van der Waals surface area (Å²) in [6.45, 7) is 0. The summed E-state index contributed by atoms with van der Waals surface area (Å²) < 4.78 is 0. The minimum absolute atomic E-state index is 0.955. The first-order valence-corrected chi connectivity index (χ1v) is 21.1. The molecule has 0 atom stereocenters. The Morgan fingerprint density at radius 2 is 0.500 bits per heavy atom. The van der Waals surface area contributed by atoms with Gasteiger partial charge in [0.15, 0.2) is 0 Å². The van der Waals surface area contributed by atoms with Crippen LogP contribution in [0.4, 0.5) is 0 Å². The molecule has 2 nitrogen and oxygen atoms in total. The molecule has 0 spiro atoms. The van der Waals surface area contributed by atoms with Crippen LogP contribution in [-0.2, 0) is 0 Å². The van der Waals surface area contributed by atoms with Gasteiger partial charge >= 0.3 is 0 Å². The quantitative estimate of drug-likeness (QED) is 0.153. The summed E-state index contributed by atoms with van der Waals surface area (Å²) in [4.78, 5) is 9.32. The lowest BCUT2D eigenvalue weighted by atomic mass is 9.82. The number of nitrogens with zero attached hydrogens (tertiary/aromatic N) is 2. The van der Waals surface area contributed by atoms with Gasteiger partial charge in [-0.15, -0.1) is 0 Å². The van der Waals surface area contributed by atoms with Crippen LogP contribution in [0.1, 0.15) is 0 Å². The van der Waals surface area contributed by atoms with E-state index in [2.05, 4.69) is 216 Å². The van der Waals surface area contributed by atoms with E-state index in [1.54, 1.807) is 0 Å². The maximum absolute atomic E-state index is 4.66. The molecule has 2 heterocycles. The van der Waals surface area contributed by atoms with Gasteiger partial charge in [0.25, 0.3) is 0 Å². The number of pyridine rings is 2. The molecule has 11 aromatic rings. The van der Waals surface area contributed by atoms with Crippen molar-refractivity contribution in [1.29, 1.82) is 0 Å². The molecule has 9 aromatic carbocycles. The minimum atomic E-state index is 0.955. The minimum Gasteiger partial charge on any atom is -0.256 e. The normalized spacial score (nSPS) is 11.2. The van der Waals surface area contributed by atoms with Crippen LogP contribution < -0.4 is 0 Å². The van der Waals surface area contributed by atoms with Crippen molar-refractivity contribution in [3.8, 4) is 89.3 Å². The smallest absolute Gasteiger partial charge is 0.0701 e. The van der Waals surface area contributed by atoms with Crippen LogP contribution in [0.15, 0.2) is 243 Å². The first-order valence-electron chi connectivity index (χ1n) is 21.1. The number of fused-ring (bicyclic) bond motifs is 2. The monoisotopic (exact) mass is 788 g/mol. The first kappa shape index (κ1) is 36.8. The van der Waals surface area contributed by atoms with Gasteiger partial charge in [-0.2, -0.15) is 0 Å². The third kappa shape index (κ3) is 6.84. The molecule has 0 unspecified atom stereocenters. The Kier molecular flexibility index (Phi) is 9.57. The molecule has 0 saturated carbocycles. The highest BCUT2D eigenvalue weighted by atomic mass is 14.7. The number of benzene rings is 9. The highest BCUT2D eigenvalue weighted by molar-refractivity contribution is 6.11. The number of rotatable bonds is 8. The van der Waals surface area contributed by atoms with E-state index in [0.717, 1.165) is 44.8 Å². The van der Waals surface area contributed by atoms with Gasteiger partial charge in [0.1, 0.15) is 0 Å². The zero-order chi connectivity index (χ0) is 41.2. The molecule has 0 bridgehead atoms. The summed E-state index contributed by atoms with van der Waals surface area (Å²) in [6.07, 6.45) is 3.71. The average molecular weight is 789 g/mol. The van der Waals surface area contributed by atoms with Crippen LogP contribution >= 0.6 is 0 Å². The zero-order valence-electron chi connectivity index (χ0n) is 34.0. The highest BCUT2D eigenvalue weighted by Gasteiger charge is 2.21. The Morgan fingerprint density at radius 3 is 0.887 bits per heavy atom. The van der Waals surface area contributed by atoms with Gasteiger partial charge in [0, 0.05) is 23.5 Å². The van der Waals surface area contributed by atoms with Crippen LogP contribution in [0.5, 0.6) is 0 Å². The van der Waals surface area contributed by atoms with Crippen molar-refractivity contribution in [1.82, 2.24) is 9.97 Å². The van der Waals surface area contributed by atoms with Crippen molar-refractivity contribution in [2.45, 2.75) is 0 Å². The molecule has 0 aliphatic rings. The summed E-state index contributed by atoms with van der Waals surface area (Å²) in [7, 11) is 0. The van der Waals surface area contributed by atoms with Gasteiger partial charge in [-0.1, -0.05) is 194 Å². The van der Waals surface area contributed by atoms with Crippen LogP contribution in [0, 0.1) is 0 Å².